The Morgan fingerprint density at radius 3 is 2.87 bits per heavy atom. The van der Waals surface area contributed by atoms with E-state index in [2.05, 4.69) is 5.32 Å². The van der Waals surface area contributed by atoms with E-state index in [0.717, 1.165) is 5.56 Å². The predicted molar refractivity (Wildman–Crippen MR) is 59.6 cm³/mol. The summed E-state index contributed by atoms with van der Waals surface area (Å²) in [7, 11) is 0. The zero-order valence-electron chi connectivity index (χ0n) is 8.99. The molecule has 0 radical (unpaired) electrons. The summed E-state index contributed by atoms with van der Waals surface area (Å²) >= 11 is 0. The molecule has 0 saturated carbocycles. The lowest BCUT2D eigenvalue weighted by Crippen LogP contribution is -2.18. The molecule has 15 heavy (non-hydrogen) atoms. The van der Waals surface area contributed by atoms with Crippen molar-refractivity contribution in [1.82, 2.24) is 0 Å². The summed E-state index contributed by atoms with van der Waals surface area (Å²) in [5.41, 5.74) is 7.15. The molecule has 3 N–H and O–H groups in total. The van der Waals surface area contributed by atoms with Crippen LogP contribution in [0.2, 0.25) is 0 Å². The predicted octanol–water partition coefficient (Wildman–Crippen LogP) is 2.10. The lowest BCUT2D eigenvalue weighted by atomic mass is 10.2. The van der Waals surface area contributed by atoms with E-state index in [0.29, 0.717) is 12.2 Å². The number of amides is 1. The second-order valence-electron chi connectivity index (χ2n) is 3.48. The lowest BCUT2D eigenvalue weighted by molar-refractivity contribution is 0.130. The molecule has 0 aliphatic rings. The summed E-state index contributed by atoms with van der Waals surface area (Å²) in [6.07, 6.45) is -0.568. The maximum absolute atomic E-state index is 11.3. The van der Waals surface area contributed by atoms with Crippen LogP contribution in [0.15, 0.2) is 24.3 Å². The Balaban J connectivity index is 2.60. The van der Waals surface area contributed by atoms with Crippen LogP contribution in [0.1, 0.15) is 19.4 Å². The third kappa shape index (κ3) is 3.99. The Morgan fingerprint density at radius 2 is 2.27 bits per heavy atom. The fourth-order valence-electron chi connectivity index (χ4n) is 1.14. The molecule has 0 aromatic heterocycles. The van der Waals surface area contributed by atoms with Gasteiger partial charge in [0.2, 0.25) is 0 Å². The molecule has 0 heterocycles. The van der Waals surface area contributed by atoms with E-state index in [1.165, 1.54) is 0 Å². The zero-order valence-corrected chi connectivity index (χ0v) is 8.99. The maximum atomic E-state index is 11.3. The smallest absolute Gasteiger partial charge is 0.411 e. The standard InChI is InChI=1S/C11H16N2O2/c1-8(2)15-11(14)13-10-5-3-4-9(6-10)7-12/h3-6,8H,7,12H2,1-2H3,(H,13,14). The molecule has 82 valence electrons. The van der Waals surface area contributed by atoms with Crippen molar-refractivity contribution in [2.24, 2.45) is 5.73 Å². The molecule has 4 heteroatoms. The van der Waals surface area contributed by atoms with Crippen LogP contribution in [-0.4, -0.2) is 12.2 Å². The highest BCUT2D eigenvalue weighted by atomic mass is 16.6. The number of ether oxygens (including phenoxy) is 1. The SMILES string of the molecule is CC(C)OC(=O)Nc1cccc(CN)c1. The molecule has 0 aliphatic carbocycles. The molecule has 0 atom stereocenters. The van der Waals surface area contributed by atoms with Gasteiger partial charge in [0.1, 0.15) is 0 Å². The van der Waals surface area contributed by atoms with Crippen molar-refractivity contribution < 1.29 is 9.53 Å². The van der Waals surface area contributed by atoms with Crippen LogP contribution in [-0.2, 0) is 11.3 Å². The number of carbonyl (C=O) groups excluding carboxylic acids is 1. The van der Waals surface area contributed by atoms with Gasteiger partial charge in [-0.15, -0.1) is 0 Å². The Bertz CT molecular complexity index is 337. The first-order valence-corrected chi connectivity index (χ1v) is 4.88. The molecule has 1 aromatic rings. The zero-order chi connectivity index (χ0) is 11.3. The first-order chi connectivity index (χ1) is 7.11. The Hall–Kier alpha value is -1.55. The van der Waals surface area contributed by atoms with Crippen molar-refractivity contribution >= 4 is 11.8 Å². The fraction of sp³-hybridized carbons (Fsp3) is 0.364. The van der Waals surface area contributed by atoms with Crippen molar-refractivity contribution in [3.63, 3.8) is 0 Å². The molecule has 0 spiro atoms. The second kappa shape index (κ2) is 5.36. The Kier molecular flexibility index (Phi) is 4.12. The van der Waals surface area contributed by atoms with Gasteiger partial charge in [-0.3, -0.25) is 5.32 Å². The van der Waals surface area contributed by atoms with Gasteiger partial charge in [-0.1, -0.05) is 12.1 Å². The normalized spacial score (nSPS) is 10.1. The Labute approximate surface area is 89.4 Å². The van der Waals surface area contributed by atoms with Gasteiger partial charge in [0, 0.05) is 12.2 Å². The van der Waals surface area contributed by atoms with Gasteiger partial charge >= 0.3 is 6.09 Å². The maximum Gasteiger partial charge on any atom is 0.411 e. The average molecular weight is 208 g/mol. The summed E-state index contributed by atoms with van der Waals surface area (Å²) < 4.78 is 4.95. The molecule has 0 unspecified atom stereocenters. The number of nitrogens with two attached hydrogens (primary N) is 1. The summed E-state index contributed by atoms with van der Waals surface area (Å²) in [6.45, 7) is 4.06. The first kappa shape index (κ1) is 11.5. The number of anilines is 1. The van der Waals surface area contributed by atoms with Gasteiger partial charge in [0.05, 0.1) is 6.10 Å². The number of carbonyl (C=O) groups is 1. The quantitative estimate of drug-likeness (QED) is 0.799. The van der Waals surface area contributed by atoms with Gasteiger partial charge in [-0.05, 0) is 31.5 Å². The van der Waals surface area contributed by atoms with Crippen LogP contribution < -0.4 is 11.1 Å². The molecule has 0 bridgehead atoms. The summed E-state index contributed by atoms with van der Waals surface area (Å²) in [4.78, 5) is 11.3. The largest absolute Gasteiger partial charge is 0.447 e. The Morgan fingerprint density at radius 1 is 1.53 bits per heavy atom. The van der Waals surface area contributed by atoms with Crippen molar-refractivity contribution in [3.05, 3.63) is 29.8 Å². The molecule has 0 saturated heterocycles. The van der Waals surface area contributed by atoms with Gasteiger partial charge in [0.25, 0.3) is 0 Å². The highest BCUT2D eigenvalue weighted by Crippen LogP contribution is 2.10. The minimum atomic E-state index is -0.445. The highest BCUT2D eigenvalue weighted by molar-refractivity contribution is 5.84. The minimum absolute atomic E-state index is 0.123. The fourth-order valence-corrected chi connectivity index (χ4v) is 1.14. The molecule has 1 rings (SSSR count). The first-order valence-electron chi connectivity index (χ1n) is 4.88. The van der Waals surface area contributed by atoms with Crippen LogP contribution in [0.25, 0.3) is 0 Å². The van der Waals surface area contributed by atoms with Crippen LogP contribution in [0.4, 0.5) is 10.5 Å². The minimum Gasteiger partial charge on any atom is -0.447 e. The van der Waals surface area contributed by atoms with E-state index >= 15 is 0 Å². The molecule has 4 nitrogen and oxygen atoms in total. The average Bonchev–Trinajstić information content (AvgIpc) is 2.16. The molecule has 0 aliphatic heterocycles. The van der Waals surface area contributed by atoms with Crippen LogP contribution in [0.5, 0.6) is 0 Å². The monoisotopic (exact) mass is 208 g/mol. The van der Waals surface area contributed by atoms with Gasteiger partial charge < -0.3 is 10.5 Å². The van der Waals surface area contributed by atoms with E-state index in [-0.39, 0.29) is 6.10 Å². The van der Waals surface area contributed by atoms with Crippen LogP contribution >= 0.6 is 0 Å². The highest BCUT2D eigenvalue weighted by Gasteiger charge is 2.05. The van der Waals surface area contributed by atoms with Crippen molar-refractivity contribution in [1.29, 1.82) is 0 Å². The third-order valence-corrected chi connectivity index (χ3v) is 1.75. The number of benzene rings is 1. The second-order valence-corrected chi connectivity index (χ2v) is 3.48. The van der Waals surface area contributed by atoms with E-state index in [1.54, 1.807) is 19.9 Å². The number of nitrogens with one attached hydrogen (secondary N) is 1. The molecule has 1 aromatic carbocycles. The topological polar surface area (TPSA) is 64.3 Å². The number of hydrogen-bond donors (Lipinski definition) is 2. The third-order valence-electron chi connectivity index (χ3n) is 1.75. The number of rotatable bonds is 3. The van der Waals surface area contributed by atoms with Crippen LogP contribution in [0, 0.1) is 0 Å². The van der Waals surface area contributed by atoms with Gasteiger partial charge in [0.15, 0.2) is 0 Å². The van der Waals surface area contributed by atoms with E-state index in [9.17, 15) is 4.79 Å². The van der Waals surface area contributed by atoms with E-state index in [4.69, 9.17) is 10.5 Å². The number of hydrogen-bond acceptors (Lipinski definition) is 3. The molecule has 0 fully saturated rings. The summed E-state index contributed by atoms with van der Waals surface area (Å²) in [5.74, 6) is 0. The van der Waals surface area contributed by atoms with Crippen molar-refractivity contribution in [2.45, 2.75) is 26.5 Å². The molecular formula is C11H16N2O2. The van der Waals surface area contributed by atoms with Gasteiger partial charge in [-0.2, -0.15) is 0 Å². The van der Waals surface area contributed by atoms with Crippen molar-refractivity contribution in [3.8, 4) is 0 Å². The van der Waals surface area contributed by atoms with E-state index < -0.39 is 6.09 Å². The molecular weight excluding hydrogens is 192 g/mol. The van der Waals surface area contributed by atoms with E-state index in [1.807, 2.05) is 18.2 Å². The molecule has 1 amide bonds. The summed E-state index contributed by atoms with van der Waals surface area (Å²) in [6, 6.07) is 7.36. The van der Waals surface area contributed by atoms with Crippen molar-refractivity contribution in [2.75, 3.05) is 5.32 Å². The van der Waals surface area contributed by atoms with Crippen LogP contribution in [0.3, 0.4) is 0 Å². The lowest BCUT2D eigenvalue weighted by Gasteiger charge is -2.09. The summed E-state index contributed by atoms with van der Waals surface area (Å²) in [5, 5.41) is 2.63. The van der Waals surface area contributed by atoms with Gasteiger partial charge in [-0.25, -0.2) is 4.79 Å².